The van der Waals surface area contributed by atoms with Gasteiger partial charge in [-0.15, -0.1) is 10.2 Å². The minimum Gasteiger partial charge on any atom is -0.350 e. The summed E-state index contributed by atoms with van der Waals surface area (Å²) < 4.78 is 3.66. The van der Waals surface area contributed by atoms with Gasteiger partial charge in [-0.1, -0.05) is 24.3 Å². The molecule has 1 aromatic carbocycles. The van der Waals surface area contributed by atoms with E-state index in [0.29, 0.717) is 17.0 Å². The zero-order chi connectivity index (χ0) is 19.7. The Bertz CT molecular complexity index is 1180. The third kappa shape index (κ3) is 3.13. The van der Waals surface area contributed by atoms with E-state index in [1.165, 1.54) is 0 Å². The van der Waals surface area contributed by atoms with Crippen molar-refractivity contribution in [2.75, 3.05) is 0 Å². The Hall–Kier alpha value is -3.88. The topological polar surface area (TPSA) is 105 Å². The fourth-order valence-corrected chi connectivity index (χ4v) is 3.16. The molecule has 4 aromatic rings. The number of hydrogen-bond acceptors (Lipinski definition) is 4. The molecule has 3 N–H and O–H groups in total. The lowest BCUT2D eigenvalue weighted by atomic mass is 10.2. The van der Waals surface area contributed by atoms with Gasteiger partial charge in [0.25, 0.3) is 5.91 Å². The number of amides is 3. The molecule has 0 aliphatic rings. The van der Waals surface area contributed by atoms with Gasteiger partial charge in [0, 0.05) is 30.3 Å². The number of pyridine rings is 1. The second kappa shape index (κ2) is 7.03. The molecule has 0 saturated carbocycles. The minimum atomic E-state index is -0.547. The third-order valence-electron chi connectivity index (χ3n) is 4.51. The maximum atomic E-state index is 12.5. The van der Waals surface area contributed by atoms with E-state index in [4.69, 9.17) is 0 Å². The first-order chi connectivity index (χ1) is 13.5. The number of carbonyl (C=O) groups excluding carboxylic acids is 2. The Balaban J connectivity index is 1.40. The van der Waals surface area contributed by atoms with Crippen LogP contribution in [0.15, 0.2) is 54.9 Å². The molecule has 0 fully saturated rings. The van der Waals surface area contributed by atoms with Crippen LogP contribution in [0.1, 0.15) is 29.1 Å². The summed E-state index contributed by atoms with van der Waals surface area (Å²) >= 11 is 0. The van der Waals surface area contributed by atoms with E-state index < -0.39 is 18.0 Å². The molecule has 3 amide bonds. The molecule has 0 spiro atoms. The standard InChI is InChI=1S/C19H19N7O2/c1-12(17-22-21-16-9-5-6-10-26(16)17)20-19(28)24-23-18(27)14-11-25(2)15-8-4-3-7-13(14)15/h3-12H,1-2H3,(H,23,27)(H2,20,24,28). The second-order valence-corrected chi connectivity index (χ2v) is 6.43. The summed E-state index contributed by atoms with van der Waals surface area (Å²) in [5.74, 6) is 0.193. The fourth-order valence-electron chi connectivity index (χ4n) is 3.16. The van der Waals surface area contributed by atoms with E-state index in [1.54, 1.807) is 17.5 Å². The highest BCUT2D eigenvalue weighted by Gasteiger charge is 2.17. The Morgan fingerprint density at radius 3 is 2.68 bits per heavy atom. The number of rotatable bonds is 3. The van der Waals surface area contributed by atoms with Crippen LogP contribution in [-0.2, 0) is 7.05 Å². The Kier molecular flexibility index (Phi) is 4.40. The van der Waals surface area contributed by atoms with Crippen molar-refractivity contribution in [3.05, 3.63) is 66.2 Å². The van der Waals surface area contributed by atoms with E-state index >= 15 is 0 Å². The summed E-state index contributed by atoms with van der Waals surface area (Å²) in [4.78, 5) is 24.7. The molecular weight excluding hydrogens is 358 g/mol. The van der Waals surface area contributed by atoms with Gasteiger partial charge >= 0.3 is 6.03 Å². The van der Waals surface area contributed by atoms with Crippen LogP contribution in [0.5, 0.6) is 0 Å². The maximum absolute atomic E-state index is 12.5. The van der Waals surface area contributed by atoms with Gasteiger partial charge in [0.1, 0.15) is 0 Å². The molecule has 4 rings (SSSR count). The number of para-hydroxylation sites is 1. The lowest BCUT2D eigenvalue weighted by molar-refractivity contribution is 0.0937. The van der Waals surface area contributed by atoms with Gasteiger partial charge in [-0.25, -0.2) is 10.2 Å². The van der Waals surface area contributed by atoms with Crippen LogP contribution in [0.2, 0.25) is 0 Å². The van der Waals surface area contributed by atoms with Crippen molar-refractivity contribution >= 4 is 28.5 Å². The van der Waals surface area contributed by atoms with Crippen molar-refractivity contribution in [1.82, 2.24) is 35.3 Å². The largest absolute Gasteiger partial charge is 0.350 e. The zero-order valence-electron chi connectivity index (χ0n) is 15.4. The first-order valence-electron chi connectivity index (χ1n) is 8.75. The van der Waals surface area contributed by atoms with Crippen LogP contribution in [0.3, 0.4) is 0 Å². The number of benzene rings is 1. The maximum Gasteiger partial charge on any atom is 0.334 e. The van der Waals surface area contributed by atoms with Gasteiger partial charge in [-0.2, -0.15) is 0 Å². The Morgan fingerprint density at radius 2 is 1.82 bits per heavy atom. The van der Waals surface area contributed by atoms with Crippen LogP contribution < -0.4 is 16.2 Å². The summed E-state index contributed by atoms with van der Waals surface area (Å²) in [5.41, 5.74) is 6.92. The molecule has 9 nitrogen and oxygen atoms in total. The summed E-state index contributed by atoms with van der Waals surface area (Å²) in [7, 11) is 1.86. The molecular formula is C19H19N7O2. The SMILES string of the molecule is CC(NC(=O)NNC(=O)c1cn(C)c2ccccc12)c1nnc2ccccn12. The molecule has 142 valence electrons. The van der Waals surface area contributed by atoms with Crippen molar-refractivity contribution in [2.24, 2.45) is 7.05 Å². The summed E-state index contributed by atoms with van der Waals surface area (Å²) in [6.45, 7) is 1.79. The number of nitrogens with zero attached hydrogens (tertiary/aromatic N) is 4. The van der Waals surface area contributed by atoms with E-state index in [9.17, 15) is 9.59 Å². The van der Waals surface area contributed by atoms with Gasteiger partial charge in [-0.3, -0.25) is 14.6 Å². The van der Waals surface area contributed by atoms with E-state index in [0.717, 1.165) is 10.9 Å². The molecule has 0 radical (unpaired) electrons. The average Bonchev–Trinajstić information content (AvgIpc) is 3.28. The van der Waals surface area contributed by atoms with Gasteiger partial charge in [0.15, 0.2) is 11.5 Å². The molecule has 28 heavy (non-hydrogen) atoms. The summed E-state index contributed by atoms with van der Waals surface area (Å²) in [6, 6.07) is 12.2. The first kappa shape index (κ1) is 17.5. The lowest BCUT2D eigenvalue weighted by Gasteiger charge is -2.13. The monoisotopic (exact) mass is 377 g/mol. The Labute approximate surface area is 160 Å². The summed E-state index contributed by atoms with van der Waals surface area (Å²) in [5, 5.41) is 11.7. The Morgan fingerprint density at radius 1 is 1.04 bits per heavy atom. The number of urea groups is 1. The molecule has 1 unspecified atom stereocenters. The van der Waals surface area contributed by atoms with Crippen LogP contribution in [0.4, 0.5) is 4.79 Å². The lowest BCUT2D eigenvalue weighted by Crippen LogP contribution is -2.47. The number of nitrogens with one attached hydrogen (secondary N) is 3. The molecule has 0 aliphatic heterocycles. The molecule has 3 heterocycles. The number of carbonyl (C=O) groups is 2. The average molecular weight is 377 g/mol. The fraction of sp³-hybridized carbons (Fsp3) is 0.158. The van der Waals surface area contributed by atoms with Gasteiger partial charge < -0.3 is 9.88 Å². The number of fused-ring (bicyclic) bond motifs is 2. The highest BCUT2D eigenvalue weighted by atomic mass is 16.2. The highest BCUT2D eigenvalue weighted by Crippen LogP contribution is 2.19. The molecule has 9 heteroatoms. The summed E-state index contributed by atoms with van der Waals surface area (Å²) in [6.07, 6.45) is 3.55. The first-order valence-corrected chi connectivity index (χ1v) is 8.75. The van der Waals surface area contributed by atoms with Crippen molar-refractivity contribution in [3.63, 3.8) is 0 Å². The number of aromatic nitrogens is 4. The number of hydrogen-bond donors (Lipinski definition) is 3. The molecule has 0 aliphatic carbocycles. The van der Waals surface area contributed by atoms with Crippen molar-refractivity contribution in [3.8, 4) is 0 Å². The molecule has 0 bridgehead atoms. The van der Waals surface area contributed by atoms with Gasteiger partial charge in [0.05, 0.1) is 11.6 Å². The molecule has 0 saturated heterocycles. The second-order valence-electron chi connectivity index (χ2n) is 6.43. The molecule has 1 atom stereocenters. The van der Waals surface area contributed by atoms with E-state index in [1.807, 2.05) is 60.3 Å². The van der Waals surface area contributed by atoms with Crippen LogP contribution in [0.25, 0.3) is 16.6 Å². The van der Waals surface area contributed by atoms with Crippen molar-refractivity contribution in [1.29, 1.82) is 0 Å². The smallest absolute Gasteiger partial charge is 0.334 e. The highest BCUT2D eigenvalue weighted by molar-refractivity contribution is 6.07. The predicted octanol–water partition coefficient (Wildman–Crippen LogP) is 1.93. The third-order valence-corrected chi connectivity index (χ3v) is 4.51. The van der Waals surface area contributed by atoms with E-state index in [2.05, 4.69) is 26.4 Å². The van der Waals surface area contributed by atoms with Crippen molar-refractivity contribution < 1.29 is 9.59 Å². The number of hydrazine groups is 1. The predicted molar refractivity (Wildman–Crippen MR) is 103 cm³/mol. The number of aryl methyl sites for hydroxylation is 1. The normalized spacial score (nSPS) is 12.1. The minimum absolute atomic E-state index is 0.396. The van der Waals surface area contributed by atoms with Gasteiger partial charge in [-0.05, 0) is 25.1 Å². The van der Waals surface area contributed by atoms with Crippen LogP contribution in [0, 0.1) is 0 Å². The van der Waals surface area contributed by atoms with E-state index in [-0.39, 0.29) is 0 Å². The van der Waals surface area contributed by atoms with Crippen LogP contribution >= 0.6 is 0 Å². The van der Waals surface area contributed by atoms with Crippen LogP contribution in [-0.4, -0.2) is 31.1 Å². The van der Waals surface area contributed by atoms with Crippen molar-refractivity contribution in [2.45, 2.75) is 13.0 Å². The molecule has 3 aromatic heterocycles. The quantitative estimate of drug-likeness (QED) is 0.474. The van der Waals surface area contributed by atoms with Gasteiger partial charge in [0.2, 0.25) is 0 Å². The zero-order valence-corrected chi connectivity index (χ0v) is 15.4.